The number of nitrogens with zero attached hydrogens (tertiary/aromatic N) is 5. The zero-order valence-electron chi connectivity index (χ0n) is 13.2. The number of fused-ring (bicyclic) bond motifs is 4. The molecule has 1 saturated heterocycles. The molecular formula is C17H21N5. The first-order valence-electron chi connectivity index (χ1n) is 7.91. The van der Waals surface area contributed by atoms with Gasteiger partial charge in [0, 0.05) is 54.3 Å². The SMILES string of the molecule is C=Cn1ncc(CN2[C@H]3CC[C@@H]2c2cnc(C)nc2C3)c1C. The zero-order chi connectivity index (χ0) is 15.3. The molecule has 0 radical (unpaired) electrons. The van der Waals surface area contributed by atoms with E-state index < -0.39 is 0 Å². The van der Waals surface area contributed by atoms with E-state index >= 15 is 0 Å². The van der Waals surface area contributed by atoms with Crippen molar-refractivity contribution >= 4 is 6.20 Å². The summed E-state index contributed by atoms with van der Waals surface area (Å²) >= 11 is 0. The van der Waals surface area contributed by atoms with Crippen molar-refractivity contribution in [2.45, 2.75) is 51.7 Å². The van der Waals surface area contributed by atoms with Gasteiger partial charge in [0.15, 0.2) is 0 Å². The fraction of sp³-hybridized carbons (Fsp3) is 0.471. The van der Waals surface area contributed by atoms with Gasteiger partial charge in [0.1, 0.15) is 5.82 Å². The maximum atomic E-state index is 4.66. The molecule has 0 amide bonds. The van der Waals surface area contributed by atoms with Gasteiger partial charge in [0.2, 0.25) is 0 Å². The molecule has 1 fully saturated rings. The molecule has 2 aliphatic heterocycles. The molecule has 4 heterocycles. The molecule has 5 heteroatoms. The monoisotopic (exact) mass is 295 g/mol. The molecule has 4 rings (SSSR count). The third-order valence-corrected chi connectivity index (χ3v) is 5.12. The Balaban J connectivity index is 1.65. The summed E-state index contributed by atoms with van der Waals surface area (Å²) in [7, 11) is 0. The van der Waals surface area contributed by atoms with Crippen molar-refractivity contribution in [3.05, 3.63) is 47.3 Å². The van der Waals surface area contributed by atoms with Crippen LogP contribution in [-0.4, -0.2) is 30.7 Å². The van der Waals surface area contributed by atoms with Crippen LogP contribution in [-0.2, 0) is 13.0 Å². The van der Waals surface area contributed by atoms with Crippen molar-refractivity contribution in [3.63, 3.8) is 0 Å². The van der Waals surface area contributed by atoms with E-state index in [1.807, 2.05) is 24.0 Å². The zero-order valence-corrected chi connectivity index (χ0v) is 13.2. The lowest BCUT2D eigenvalue weighted by Crippen LogP contribution is -2.37. The van der Waals surface area contributed by atoms with E-state index in [-0.39, 0.29) is 0 Å². The van der Waals surface area contributed by atoms with Crippen LogP contribution in [0.4, 0.5) is 0 Å². The lowest BCUT2D eigenvalue weighted by Gasteiger charge is -2.35. The maximum Gasteiger partial charge on any atom is 0.125 e. The molecule has 22 heavy (non-hydrogen) atoms. The van der Waals surface area contributed by atoms with Gasteiger partial charge in [-0.15, -0.1) is 0 Å². The van der Waals surface area contributed by atoms with Gasteiger partial charge in [-0.05, 0) is 26.7 Å². The summed E-state index contributed by atoms with van der Waals surface area (Å²) in [6.45, 7) is 8.83. The highest BCUT2D eigenvalue weighted by Crippen LogP contribution is 2.43. The topological polar surface area (TPSA) is 46.8 Å². The summed E-state index contributed by atoms with van der Waals surface area (Å²) in [4.78, 5) is 11.7. The smallest absolute Gasteiger partial charge is 0.125 e. The molecular weight excluding hydrogens is 274 g/mol. The minimum atomic E-state index is 0.459. The van der Waals surface area contributed by atoms with Crippen LogP contribution in [0, 0.1) is 13.8 Å². The number of aromatic nitrogens is 4. The summed E-state index contributed by atoms with van der Waals surface area (Å²) < 4.78 is 1.85. The van der Waals surface area contributed by atoms with Crippen LogP contribution < -0.4 is 0 Å². The van der Waals surface area contributed by atoms with Gasteiger partial charge in [0.05, 0.1) is 11.9 Å². The normalized spacial score (nSPS) is 23.5. The van der Waals surface area contributed by atoms with Gasteiger partial charge in [-0.2, -0.15) is 5.10 Å². The third kappa shape index (κ3) is 2.00. The molecule has 2 aliphatic rings. The van der Waals surface area contributed by atoms with E-state index in [1.54, 1.807) is 6.20 Å². The van der Waals surface area contributed by atoms with E-state index in [0.29, 0.717) is 12.1 Å². The highest BCUT2D eigenvalue weighted by atomic mass is 15.3. The van der Waals surface area contributed by atoms with Crippen molar-refractivity contribution in [3.8, 4) is 0 Å². The average Bonchev–Trinajstić information content (AvgIpc) is 2.99. The van der Waals surface area contributed by atoms with Gasteiger partial charge in [-0.25, -0.2) is 14.6 Å². The highest BCUT2D eigenvalue weighted by molar-refractivity contribution is 5.31. The summed E-state index contributed by atoms with van der Waals surface area (Å²) in [5, 5.41) is 4.37. The second-order valence-corrected chi connectivity index (χ2v) is 6.33. The minimum Gasteiger partial charge on any atom is -0.288 e. The largest absolute Gasteiger partial charge is 0.288 e. The fourth-order valence-electron chi connectivity index (χ4n) is 3.92. The molecule has 2 atom stereocenters. The molecule has 0 saturated carbocycles. The van der Waals surface area contributed by atoms with E-state index in [0.717, 1.165) is 18.8 Å². The number of aryl methyl sites for hydroxylation is 1. The standard InChI is InChI=1S/C17H21N5/c1-4-22-11(2)13(8-19-22)10-21-14-5-6-17(21)15-9-18-12(3)20-16(15)7-14/h4,8-9,14,17H,1,5-7,10H2,2-3H3/t14-,17+/m0/s1. The van der Waals surface area contributed by atoms with E-state index in [1.165, 1.54) is 35.4 Å². The number of rotatable bonds is 3. The predicted molar refractivity (Wildman–Crippen MR) is 85.1 cm³/mol. The van der Waals surface area contributed by atoms with Crippen molar-refractivity contribution in [1.29, 1.82) is 0 Å². The van der Waals surface area contributed by atoms with Crippen LogP contribution >= 0.6 is 0 Å². The van der Waals surface area contributed by atoms with Gasteiger partial charge >= 0.3 is 0 Å². The quantitative estimate of drug-likeness (QED) is 0.873. The van der Waals surface area contributed by atoms with E-state index in [2.05, 4.69) is 33.5 Å². The first kappa shape index (κ1) is 13.6. The Morgan fingerprint density at radius 2 is 2.18 bits per heavy atom. The lowest BCUT2D eigenvalue weighted by atomic mass is 9.98. The number of hydrogen-bond donors (Lipinski definition) is 0. The first-order chi connectivity index (χ1) is 10.7. The Bertz CT molecular complexity index is 733. The molecule has 2 aromatic rings. The van der Waals surface area contributed by atoms with Gasteiger partial charge < -0.3 is 0 Å². The molecule has 0 unspecified atom stereocenters. The molecule has 5 nitrogen and oxygen atoms in total. The minimum absolute atomic E-state index is 0.459. The number of hydrogen-bond acceptors (Lipinski definition) is 4. The van der Waals surface area contributed by atoms with Crippen LogP contribution in [0.2, 0.25) is 0 Å². The fourth-order valence-corrected chi connectivity index (χ4v) is 3.92. The molecule has 114 valence electrons. The molecule has 2 aromatic heterocycles. The Labute approximate surface area is 130 Å². The van der Waals surface area contributed by atoms with E-state index in [4.69, 9.17) is 0 Å². The second kappa shape index (κ2) is 5.02. The van der Waals surface area contributed by atoms with Crippen LogP contribution in [0.5, 0.6) is 0 Å². The average molecular weight is 295 g/mol. The summed E-state index contributed by atoms with van der Waals surface area (Å²) in [5.74, 6) is 0.884. The van der Waals surface area contributed by atoms with Gasteiger partial charge in [-0.1, -0.05) is 6.58 Å². The lowest BCUT2D eigenvalue weighted by molar-refractivity contribution is 0.165. The first-order valence-corrected chi connectivity index (χ1v) is 7.91. The predicted octanol–water partition coefficient (Wildman–Crippen LogP) is 2.65. The summed E-state index contributed by atoms with van der Waals surface area (Å²) in [6.07, 6.45) is 9.27. The Hall–Kier alpha value is -2.01. The van der Waals surface area contributed by atoms with Crippen molar-refractivity contribution < 1.29 is 0 Å². The van der Waals surface area contributed by atoms with E-state index in [9.17, 15) is 0 Å². The summed E-state index contributed by atoms with van der Waals surface area (Å²) in [6, 6.07) is 1.05. The molecule has 0 aliphatic carbocycles. The van der Waals surface area contributed by atoms with Crippen molar-refractivity contribution in [2.24, 2.45) is 0 Å². The van der Waals surface area contributed by atoms with Crippen LogP contribution in [0.25, 0.3) is 6.20 Å². The van der Waals surface area contributed by atoms with Crippen LogP contribution in [0.15, 0.2) is 19.0 Å². The van der Waals surface area contributed by atoms with Gasteiger partial charge in [0.25, 0.3) is 0 Å². The van der Waals surface area contributed by atoms with Crippen molar-refractivity contribution in [2.75, 3.05) is 0 Å². The molecule has 0 N–H and O–H groups in total. The van der Waals surface area contributed by atoms with Crippen LogP contribution in [0.1, 0.15) is 47.2 Å². The maximum absolute atomic E-state index is 4.66. The molecule has 2 bridgehead atoms. The van der Waals surface area contributed by atoms with Gasteiger partial charge in [-0.3, -0.25) is 4.90 Å². The second-order valence-electron chi connectivity index (χ2n) is 6.33. The van der Waals surface area contributed by atoms with Crippen molar-refractivity contribution in [1.82, 2.24) is 24.6 Å². The third-order valence-electron chi connectivity index (χ3n) is 5.12. The Morgan fingerprint density at radius 1 is 1.32 bits per heavy atom. The Kier molecular flexibility index (Phi) is 3.11. The summed E-state index contributed by atoms with van der Waals surface area (Å²) in [5.41, 5.74) is 5.05. The highest BCUT2D eigenvalue weighted by Gasteiger charge is 2.40. The molecule has 0 spiro atoms. The van der Waals surface area contributed by atoms with Crippen LogP contribution in [0.3, 0.4) is 0 Å². The Morgan fingerprint density at radius 3 is 2.95 bits per heavy atom. The molecule has 0 aromatic carbocycles.